The van der Waals surface area contributed by atoms with Crippen molar-refractivity contribution in [2.75, 3.05) is 6.54 Å². The Morgan fingerprint density at radius 3 is 2.58 bits per heavy atom. The van der Waals surface area contributed by atoms with Crippen LogP contribution in [0.4, 0.5) is 8.78 Å². The van der Waals surface area contributed by atoms with E-state index in [4.69, 9.17) is 0 Å². The van der Waals surface area contributed by atoms with Crippen molar-refractivity contribution in [3.05, 3.63) is 71.3 Å². The topological polar surface area (TPSA) is 49.3 Å². The minimum absolute atomic E-state index is 0.0245. The molecule has 1 saturated carbocycles. The van der Waals surface area contributed by atoms with E-state index in [0.717, 1.165) is 5.56 Å². The summed E-state index contributed by atoms with van der Waals surface area (Å²) >= 11 is 0. The van der Waals surface area contributed by atoms with Gasteiger partial charge in [-0.25, -0.2) is 8.78 Å². The Hall–Kier alpha value is -2.27. The second-order valence-corrected chi connectivity index (χ2v) is 6.50. The van der Waals surface area contributed by atoms with Gasteiger partial charge in [0.15, 0.2) is 0 Å². The van der Waals surface area contributed by atoms with Crippen LogP contribution < -0.4 is 5.32 Å². The third-order valence-corrected chi connectivity index (χ3v) is 4.48. The first-order chi connectivity index (χ1) is 11.4. The van der Waals surface area contributed by atoms with Crippen molar-refractivity contribution in [2.24, 2.45) is 5.92 Å². The van der Waals surface area contributed by atoms with Gasteiger partial charge in [-0.3, -0.25) is 4.79 Å². The molecule has 1 aliphatic carbocycles. The van der Waals surface area contributed by atoms with E-state index in [0.29, 0.717) is 12.0 Å². The van der Waals surface area contributed by atoms with E-state index in [1.807, 2.05) is 6.07 Å². The van der Waals surface area contributed by atoms with Crippen LogP contribution in [0.5, 0.6) is 0 Å². The lowest BCUT2D eigenvalue weighted by Crippen LogP contribution is -2.39. The van der Waals surface area contributed by atoms with Gasteiger partial charge < -0.3 is 10.4 Å². The van der Waals surface area contributed by atoms with E-state index >= 15 is 0 Å². The molecule has 24 heavy (non-hydrogen) atoms. The summed E-state index contributed by atoms with van der Waals surface area (Å²) in [5, 5.41) is 13.2. The summed E-state index contributed by atoms with van der Waals surface area (Å²) in [6.45, 7) is 1.60. The number of carbonyl (C=O) groups excluding carboxylic acids is 1. The van der Waals surface area contributed by atoms with Crippen LogP contribution in [-0.2, 0) is 10.4 Å². The van der Waals surface area contributed by atoms with Gasteiger partial charge in [0.1, 0.15) is 17.2 Å². The standard InChI is InChI=1S/C19H19F2NO2/c1-19(24,13-5-7-14(20)8-6-13)11-22-18(23)17-10-16(17)12-3-2-4-15(21)9-12/h2-9,16-17,24H,10-11H2,1H3,(H,22,23)/t16-,17-,19-/m0/s1. The zero-order chi connectivity index (χ0) is 17.3. The van der Waals surface area contributed by atoms with Gasteiger partial charge in [-0.1, -0.05) is 24.3 Å². The summed E-state index contributed by atoms with van der Waals surface area (Å²) in [7, 11) is 0. The second kappa shape index (κ2) is 6.32. The summed E-state index contributed by atoms with van der Waals surface area (Å²) in [6, 6.07) is 11.8. The molecule has 0 bridgehead atoms. The fourth-order valence-corrected chi connectivity index (χ4v) is 2.89. The minimum Gasteiger partial charge on any atom is -0.384 e. The van der Waals surface area contributed by atoms with Crippen LogP contribution in [0.25, 0.3) is 0 Å². The number of amides is 1. The molecule has 2 N–H and O–H groups in total. The Labute approximate surface area is 139 Å². The molecule has 0 aliphatic heterocycles. The number of hydrogen-bond acceptors (Lipinski definition) is 2. The molecular weight excluding hydrogens is 312 g/mol. The maximum absolute atomic E-state index is 13.2. The highest BCUT2D eigenvalue weighted by Gasteiger charge is 2.44. The summed E-state index contributed by atoms with van der Waals surface area (Å²) in [4.78, 5) is 12.2. The van der Waals surface area contributed by atoms with Gasteiger partial charge >= 0.3 is 0 Å². The van der Waals surface area contributed by atoms with Crippen LogP contribution in [0, 0.1) is 17.6 Å². The summed E-state index contributed by atoms with van der Waals surface area (Å²) in [5.74, 6) is -1.02. The highest BCUT2D eigenvalue weighted by atomic mass is 19.1. The van der Waals surface area contributed by atoms with Crippen LogP contribution >= 0.6 is 0 Å². The maximum Gasteiger partial charge on any atom is 0.223 e. The lowest BCUT2D eigenvalue weighted by molar-refractivity contribution is -0.123. The fraction of sp³-hybridized carbons (Fsp3) is 0.316. The molecule has 0 unspecified atom stereocenters. The Balaban J connectivity index is 1.57. The van der Waals surface area contributed by atoms with Gasteiger partial charge in [0.25, 0.3) is 0 Å². The Bertz CT molecular complexity index is 743. The molecule has 0 spiro atoms. The van der Waals surface area contributed by atoms with E-state index in [-0.39, 0.29) is 35.9 Å². The molecule has 2 aromatic carbocycles. The van der Waals surface area contributed by atoms with Gasteiger partial charge in [0.05, 0.1) is 6.54 Å². The summed E-state index contributed by atoms with van der Waals surface area (Å²) in [5.41, 5.74) is 0.0641. The molecule has 2 aromatic rings. The Morgan fingerprint density at radius 2 is 1.92 bits per heavy atom. The van der Waals surface area contributed by atoms with E-state index in [9.17, 15) is 18.7 Å². The van der Waals surface area contributed by atoms with Gasteiger partial charge in [-0.15, -0.1) is 0 Å². The third-order valence-electron chi connectivity index (χ3n) is 4.48. The third kappa shape index (κ3) is 3.62. The quantitative estimate of drug-likeness (QED) is 0.884. The monoisotopic (exact) mass is 331 g/mol. The predicted molar refractivity (Wildman–Crippen MR) is 86.2 cm³/mol. The fourth-order valence-electron chi connectivity index (χ4n) is 2.89. The van der Waals surface area contributed by atoms with Crippen LogP contribution in [0.2, 0.25) is 0 Å². The molecule has 0 radical (unpaired) electrons. The summed E-state index contributed by atoms with van der Waals surface area (Å²) in [6.07, 6.45) is 0.675. The molecule has 0 heterocycles. The average molecular weight is 331 g/mol. The number of hydrogen-bond donors (Lipinski definition) is 2. The van der Waals surface area contributed by atoms with Gasteiger partial charge in [0, 0.05) is 5.92 Å². The van der Waals surface area contributed by atoms with Crippen molar-refractivity contribution >= 4 is 5.91 Å². The van der Waals surface area contributed by atoms with Crippen LogP contribution in [0.3, 0.4) is 0 Å². The molecule has 3 atom stereocenters. The van der Waals surface area contributed by atoms with Crippen molar-refractivity contribution in [3.8, 4) is 0 Å². The van der Waals surface area contributed by atoms with Crippen LogP contribution in [0.15, 0.2) is 48.5 Å². The van der Waals surface area contributed by atoms with E-state index in [1.165, 1.54) is 36.4 Å². The number of nitrogens with one attached hydrogen (secondary N) is 1. The molecule has 0 saturated heterocycles. The highest BCUT2D eigenvalue weighted by molar-refractivity contribution is 5.83. The van der Waals surface area contributed by atoms with Gasteiger partial charge in [-0.05, 0) is 54.7 Å². The van der Waals surface area contributed by atoms with Crippen molar-refractivity contribution in [3.63, 3.8) is 0 Å². The maximum atomic E-state index is 13.2. The zero-order valence-electron chi connectivity index (χ0n) is 13.3. The predicted octanol–water partition coefficient (Wildman–Crippen LogP) is 3.09. The Morgan fingerprint density at radius 1 is 1.21 bits per heavy atom. The lowest BCUT2D eigenvalue weighted by Gasteiger charge is -2.24. The molecule has 3 rings (SSSR count). The smallest absolute Gasteiger partial charge is 0.223 e. The van der Waals surface area contributed by atoms with Crippen molar-refractivity contribution in [2.45, 2.75) is 24.9 Å². The molecule has 5 heteroatoms. The molecule has 1 fully saturated rings. The van der Waals surface area contributed by atoms with Crippen LogP contribution in [0.1, 0.15) is 30.4 Å². The Kier molecular flexibility index (Phi) is 4.37. The van der Waals surface area contributed by atoms with E-state index in [2.05, 4.69) is 5.32 Å². The van der Waals surface area contributed by atoms with Crippen molar-refractivity contribution < 1.29 is 18.7 Å². The first kappa shape index (κ1) is 16.6. The number of halogens is 2. The van der Waals surface area contributed by atoms with E-state index < -0.39 is 5.60 Å². The number of rotatable bonds is 5. The number of benzene rings is 2. The second-order valence-electron chi connectivity index (χ2n) is 6.50. The largest absolute Gasteiger partial charge is 0.384 e. The normalized spacial score (nSPS) is 21.8. The minimum atomic E-state index is -1.29. The first-order valence-corrected chi connectivity index (χ1v) is 7.88. The van der Waals surface area contributed by atoms with Crippen molar-refractivity contribution in [1.82, 2.24) is 5.32 Å². The SMILES string of the molecule is C[C@](O)(CNC(=O)[C@H]1C[C@H]1c1cccc(F)c1)c1ccc(F)cc1. The molecule has 0 aromatic heterocycles. The number of aliphatic hydroxyl groups is 1. The number of carbonyl (C=O) groups is 1. The molecule has 1 aliphatic rings. The zero-order valence-corrected chi connectivity index (χ0v) is 13.3. The highest BCUT2D eigenvalue weighted by Crippen LogP contribution is 2.47. The first-order valence-electron chi connectivity index (χ1n) is 7.88. The lowest BCUT2D eigenvalue weighted by atomic mass is 9.96. The average Bonchev–Trinajstić information content (AvgIpc) is 3.34. The van der Waals surface area contributed by atoms with E-state index in [1.54, 1.807) is 13.0 Å². The molecule has 1 amide bonds. The van der Waals surface area contributed by atoms with Gasteiger partial charge in [-0.2, -0.15) is 0 Å². The molecule has 126 valence electrons. The van der Waals surface area contributed by atoms with Crippen molar-refractivity contribution in [1.29, 1.82) is 0 Å². The van der Waals surface area contributed by atoms with Gasteiger partial charge in [0.2, 0.25) is 5.91 Å². The van der Waals surface area contributed by atoms with Crippen LogP contribution in [-0.4, -0.2) is 17.6 Å². The molecule has 3 nitrogen and oxygen atoms in total. The molecular formula is C19H19F2NO2. The summed E-state index contributed by atoms with van der Waals surface area (Å²) < 4.78 is 26.2.